The minimum absolute atomic E-state index is 0.0731. The zero-order valence-electron chi connectivity index (χ0n) is 9.77. The maximum atomic E-state index is 8.78. The van der Waals surface area contributed by atoms with Crippen molar-refractivity contribution in [1.29, 1.82) is 0 Å². The number of nitrogens with zero attached hydrogens (tertiary/aromatic N) is 2. The molecule has 7 heteroatoms. The van der Waals surface area contributed by atoms with E-state index in [4.69, 9.17) is 5.11 Å². The van der Waals surface area contributed by atoms with Gasteiger partial charge in [-0.25, -0.2) is 9.97 Å². The smallest absolute Gasteiger partial charge is 0.136 e. The van der Waals surface area contributed by atoms with Crippen LogP contribution in [0.4, 0.5) is 16.6 Å². The molecule has 96 valence electrons. The van der Waals surface area contributed by atoms with Gasteiger partial charge in [0.1, 0.15) is 17.5 Å². The minimum Gasteiger partial charge on any atom is -0.395 e. The van der Waals surface area contributed by atoms with Gasteiger partial charge in [-0.3, -0.25) is 0 Å². The number of thiophene rings is 1. The second-order valence-corrected chi connectivity index (χ2v) is 5.42. The summed E-state index contributed by atoms with van der Waals surface area (Å²) in [5.74, 6) is 2.11. The van der Waals surface area contributed by atoms with Gasteiger partial charge < -0.3 is 15.7 Å². The molecule has 0 saturated heterocycles. The molecule has 5 nitrogen and oxygen atoms in total. The second kappa shape index (κ2) is 6.12. The van der Waals surface area contributed by atoms with Crippen LogP contribution in [0.2, 0.25) is 0 Å². The summed E-state index contributed by atoms with van der Waals surface area (Å²) in [7, 11) is 0. The highest BCUT2D eigenvalue weighted by atomic mass is 79.9. The van der Waals surface area contributed by atoms with Gasteiger partial charge in [-0.2, -0.15) is 0 Å². The van der Waals surface area contributed by atoms with Crippen molar-refractivity contribution in [1.82, 2.24) is 9.97 Å². The average molecular weight is 329 g/mol. The van der Waals surface area contributed by atoms with Gasteiger partial charge >= 0.3 is 0 Å². The van der Waals surface area contributed by atoms with Crippen molar-refractivity contribution in [3.8, 4) is 0 Å². The molecule has 0 aromatic carbocycles. The van der Waals surface area contributed by atoms with Gasteiger partial charge in [0.15, 0.2) is 0 Å². The number of aliphatic hydroxyl groups is 1. The van der Waals surface area contributed by atoms with Crippen LogP contribution in [0.25, 0.3) is 0 Å². The Morgan fingerprint density at radius 1 is 1.33 bits per heavy atom. The second-order valence-electron chi connectivity index (χ2n) is 3.59. The third kappa shape index (κ3) is 3.66. The summed E-state index contributed by atoms with van der Waals surface area (Å²) in [5, 5.41) is 18.0. The molecule has 3 N–H and O–H groups in total. The molecular formula is C11H13BrN4OS. The van der Waals surface area contributed by atoms with E-state index in [1.807, 2.05) is 24.4 Å². The van der Waals surface area contributed by atoms with Crippen molar-refractivity contribution in [2.45, 2.75) is 6.92 Å². The Balaban J connectivity index is 2.14. The van der Waals surface area contributed by atoms with Gasteiger partial charge in [0, 0.05) is 22.5 Å². The molecule has 2 aromatic rings. The number of halogens is 1. The first kappa shape index (κ1) is 13.3. The van der Waals surface area contributed by atoms with Crippen LogP contribution in [-0.2, 0) is 0 Å². The largest absolute Gasteiger partial charge is 0.395 e. The van der Waals surface area contributed by atoms with Crippen LogP contribution in [0.3, 0.4) is 0 Å². The fraction of sp³-hybridized carbons (Fsp3) is 0.273. The SMILES string of the molecule is Cc1nc(NCCO)cc(Nc2cc(Br)cs2)n1. The minimum atomic E-state index is 0.0731. The normalized spacial score (nSPS) is 10.4. The monoisotopic (exact) mass is 328 g/mol. The van der Waals surface area contributed by atoms with Gasteiger partial charge in [0.05, 0.1) is 11.6 Å². The molecule has 0 saturated carbocycles. The molecule has 0 spiro atoms. The number of hydrogen-bond acceptors (Lipinski definition) is 6. The summed E-state index contributed by atoms with van der Waals surface area (Å²) in [4.78, 5) is 8.55. The van der Waals surface area contributed by atoms with Gasteiger partial charge in [0.25, 0.3) is 0 Å². The van der Waals surface area contributed by atoms with E-state index in [1.165, 1.54) is 0 Å². The third-order valence-corrected chi connectivity index (χ3v) is 3.68. The Kier molecular flexibility index (Phi) is 4.51. The fourth-order valence-electron chi connectivity index (χ4n) is 1.41. The molecule has 0 radical (unpaired) electrons. The lowest BCUT2D eigenvalue weighted by atomic mass is 10.4. The molecule has 0 unspecified atom stereocenters. The lowest BCUT2D eigenvalue weighted by molar-refractivity contribution is 0.311. The molecule has 0 aliphatic carbocycles. The predicted molar refractivity (Wildman–Crippen MR) is 77.6 cm³/mol. The van der Waals surface area contributed by atoms with Crippen LogP contribution in [-0.4, -0.2) is 28.2 Å². The van der Waals surface area contributed by atoms with Crippen LogP contribution < -0.4 is 10.6 Å². The number of anilines is 3. The number of aliphatic hydroxyl groups excluding tert-OH is 1. The molecule has 0 aliphatic heterocycles. The Bertz CT molecular complexity index is 532. The van der Waals surface area contributed by atoms with Crippen LogP contribution in [0.1, 0.15) is 5.82 Å². The highest BCUT2D eigenvalue weighted by Gasteiger charge is 2.03. The summed E-state index contributed by atoms with van der Waals surface area (Å²) in [6.07, 6.45) is 0. The van der Waals surface area contributed by atoms with Crippen LogP contribution in [0, 0.1) is 6.92 Å². The maximum Gasteiger partial charge on any atom is 0.136 e. The topological polar surface area (TPSA) is 70.1 Å². The molecule has 0 aliphatic rings. The van der Waals surface area contributed by atoms with Crippen LogP contribution >= 0.6 is 27.3 Å². The zero-order valence-corrected chi connectivity index (χ0v) is 12.2. The van der Waals surface area contributed by atoms with Gasteiger partial charge in [-0.1, -0.05) is 0 Å². The highest BCUT2D eigenvalue weighted by molar-refractivity contribution is 9.10. The van der Waals surface area contributed by atoms with Gasteiger partial charge in [-0.15, -0.1) is 11.3 Å². The first-order chi connectivity index (χ1) is 8.67. The van der Waals surface area contributed by atoms with E-state index in [-0.39, 0.29) is 6.61 Å². The number of aromatic nitrogens is 2. The van der Waals surface area contributed by atoms with E-state index in [0.29, 0.717) is 18.2 Å². The molecule has 2 heterocycles. The zero-order chi connectivity index (χ0) is 13.0. The standard InChI is InChI=1S/C11H13BrN4OS/c1-7-14-9(13-2-3-17)5-10(15-7)16-11-4-8(12)6-18-11/h4-6,17H,2-3H2,1H3,(H2,13,14,15,16). The molecule has 2 aromatic heterocycles. The summed E-state index contributed by atoms with van der Waals surface area (Å²) in [6, 6.07) is 3.80. The Labute approximate surface area is 117 Å². The van der Waals surface area contributed by atoms with E-state index in [1.54, 1.807) is 11.3 Å². The van der Waals surface area contributed by atoms with Crippen molar-refractivity contribution in [3.05, 3.63) is 27.8 Å². The van der Waals surface area contributed by atoms with E-state index < -0.39 is 0 Å². The molecular weight excluding hydrogens is 316 g/mol. The van der Waals surface area contributed by atoms with Crippen molar-refractivity contribution >= 4 is 43.9 Å². The maximum absolute atomic E-state index is 8.78. The Morgan fingerprint density at radius 2 is 2.11 bits per heavy atom. The molecule has 2 rings (SSSR count). The molecule has 0 bridgehead atoms. The van der Waals surface area contributed by atoms with Gasteiger partial charge in [0.2, 0.25) is 0 Å². The predicted octanol–water partition coefficient (Wildman–Crippen LogP) is 2.76. The summed E-state index contributed by atoms with van der Waals surface area (Å²) < 4.78 is 1.04. The lowest BCUT2D eigenvalue weighted by Crippen LogP contribution is -2.08. The number of rotatable bonds is 5. The van der Waals surface area contributed by atoms with Crippen molar-refractivity contribution in [3.63, 3.8) is 0 Å². The average Bonchev–Trinajstić information content (AvgIpc) is 2.71. The van der Waals surface area contributed by atoms with Crippen LogP contribution in [0.15, 0.2) is 22.0 Å². The first-order valence-electron chi connectivity index (χ1n) is 5.39. The molecule has 0 atom stereocenters. The van der Waals surface area contributed by atoms with E-state index in [2.05, 4.69) is 36.5 Å². The third-order valence-electron chi connectivity index (χ3n) is 2.07. The van der Waals surface area contributed by atoms with Crippen molar-refractivity contribution in [2.24, 2.45) is 0 Å². The van der Waals surface area contributed by atoms with E-state index in [0.717, 1.165) is 15.3 Å². The number of nitrogens with one attached hydrogen (secondary N) is 2. The molecule has 18 heavy (non-hydrogen) atoms. The fourth-order valence-corrected chi connectivity index (χ4v) is 2.74. The van der Waals surface area contributed by atoms with Crippen LogP contribution in [0.5, 0.6) is 0 Å². The number of aryl methyl sites for hydroxylation is 1. The highest BCUT2D eigenvalue weighted by Crippen LogP contribution is 2.27. The summed E-state index contributed by atoms with van der Waals surface area (Å²) in [6.45, 7) is 2.38. The molecule has 0 fully saturated rings. The van der Waals surface area contributed by atoms with E-state index in [9.17, 15) is 0 Å². The first-order valence-corrected chi connectivity index (χ1v) is 7.06. The lowest BCUT2D eigenvalue weighted by Gasteiger charge is -2.08. The van der Waals surface area contributed by atoms with E-state index >= 15 is 0 Å². The van der Waals surface area contributed by atoms with Crippen molar-refractivity contribution in [2.75, 3.05) is 23.8 Å². The number of hydrogen-bond donors (Lipinski definition) is 3. The molecule has 0 amide bonds. The Morgan fingerprint density at radius 3 is 2.78 bits per heavy atom. The van der Waals surface area contributed by atoms with Crippen molar-refractivity contribution < 1.29 is 5.11 Å². The Hall–Kier alpha value is -1.18. The summed E-state index contributed by atoms with van der Waals surface area (Å²) in [5.41, 5.74) is 0. The summed E-state index contributed by atoms with van der Waals surface area (Å²) >= 11 is 5.00. The quantitative estimate of drug-likeness (QED) is 0.787. The van der Waals surface area contributed by atoms with Gasteiger partial charge in [-0.05, 0) is 28.9 Å².